The standard InChI is InChI=1S/C11H11ClN2O2S/c12-3-1-2-10-13-14-11(17-10)7-4-8(15)6-9(16)5-7/h4-6,15-16H,1-3H2. The summed E-state index contributed by atoms with van der Waals surface area (Å²) in [7, 11) is 0. The van der Waals surface area contributed by atoms with Crippen LogP contribution in [-0.2, 0) is 6.42 Å². The van der Waals surface area contributed by atoms with Gasteiger partial charge in [-0.25, -0.2) is 0 Å². The van der Waals surface area contributed by atoms with Crippen molar-refractivity contribution in [2.75, 3.05) is 5.88 Å². The Morgan fingerprint density at radius 2 is 1.82 bits per heavy atom. The van der Waals surface area contributed by atoms with E-state index in [0.29, 0.717) is 16.5 Å². The minimum Gasteiger partial charge on any atom is -0.508 e. The predicted octanol–water partition coefficient (Wildman–Crippen LogP) is 2.79. The van der Waals surface area contributed by atoms with Crippen LogP contribution in [0.4, 0.5) is 0 Å². The summed E-state index contributed by atoms with van der Waals surface area (Å²) in [4.78, 5) is 0. The maximum absolute atomic E-state index is 9.38. The lowest BCUT2D eigenvalue weighted by molar-refractivity contribution is 0.451. The van der Waals surface area contributed by atoms with Crippen molar-refractivity contribution in [2.45, 2.75) is 12.8 Å². The molecule has 0 saturated carbocycles. The van der Waals surface area contributed by atoms with Crippen LogP contribution in [0, 0.1) is 0 Å². The van der Waals surface area contributed by atoms with Gasteiger partial charge in [-0.05, 0) is 18.6 Å². The lowest BCUT2D eigenvalue weighted by Crippen LogP contribution is -1.84. The number of nitrogens with zero attached hydrogens (tertiary/aromatic N) is 2. The molecule has 1 aromatic heterocycles. The zero-order chi connectivity index (χ0) is 12.3. The van der Waals surface area contributed by atoms with Crippen molar-refractivity contribution in [1.29, 1.82) is 0 Å². The third-order valence-corrected chi connectivity index (χ3v) is 3.44. The molecule has 0 unspecified atom stereocenters. The average Bonchev–Trinajstić information content (AvgIpc) is 2.73. The van der Waals surface area contributed by atoms with Crippen LogP contribution in [0.3, 0.4) is 0 Å². The maximum atomic E-state index is 9.38. The topological polar surface area (TPSA) is 66.2 Å². The van der Waals surface area contributed by atoms with Gasteiger partial charge in [-0.1, -0.05) is 11.3 Å². The largest absolute Gasteiger partial charge is 0.508 e. The molecule has 0 spiro atoms. The number of aromatic nitrogens is 2. The normalized spacial score (nSPS) is 10.6. The monoisotopic (exact) mass is 270 g/mol. The van der Waals surface area contributed by atoms with Gasteiger partial charge < -0.3 is 10.2 Å². The number of phenolic OH excluding ortho intramolecular Hbond substituents is 2. The number of alkyl halides is 1. The average molecular weight is 271 g/mol. The Kier molecular flexibility index (Phi) is 3.81. The van der Waals surface area contributed by atoms with Gasteiger partial charge in [0.05, 0.1) is 0 Å². The highest BCUT2D eigenvalue weighted by Crippen LogP contribution is 2.30. The van der Waals surface area contributed by atoms with Gasteiger partial charge in [0.1, 0.15) is 21.5 Å². The Balaban J connectivity index is 2.24. The molecule has 1 aromatic carbocycles. The molecule has 0 bridgehead atoms. The minimum atomic E-state index is 0.0116. The van der Waals surface area contributed by atoms with Crippen molar-refractivity contribution in [3.8, 4) is 22.1 Å². The van der Waals surface area contributed by atoms with E-state index in [1.807, 2.05) is 0 Å². The maximum Gasteiger partial charge on any atom is 0.148 e. The number of hydrogen-bond acceptors (Lipinski definition) is 5. The number of hydrogen-bond donors (Lipinski definition) is 2. The Morgan fingerprint density at radius 1 is 1.12 bits per heavy atom. The molecule has 2 N–H and O–H groups in total. The molecule has 0 radical (unpaired) electrons. The number of benzene rings is 1. The van der Waals surface area contributed by atoms with Crippen molar-refractivity contribution < 1.29 is 10.2 Å². The number of aromatic hydroxyl groups is 2. The van der Waals surface area contributed by atoms with Crippen LogP contribution in [0.2, 0.25) is 0 Å². The molecule has 6 heteroatoms. The van der Waals surface area contributed by atoms with Crippen LogP contribution in [0.5, 0.6) is 11.5 Å². The van der Waals surface area contributed by atoms with E-state index in [1.54, 1.807) is 12.1 Å². The van der Waals surface area contributed by atoms with E-state index in [1.165, 1.54) is 17.4 Å². The zero-order valence-electron chi connectivity index (χ0n) is 8.93. The van der Waals surface area contributed by atoms with Gasteiger partial charge in [0.2, 0.25) is 0 Å². The Hall–Kier alpha value is -1.33. The van der Waals surface area contributed by atoms with E-state index < -0.39 is 0 Å². The SMILES string of the molecule is Oc1cc(O)cc(-c2nnc(CCCCl)s2)c1. The molecule has 0 atom stereocenters. The van der Waals surface area contributed by atoms with Crippen LogP contribution in [0.1, 0.15) is 11.4 Å². The third-order valence-electron chi connectivity index (χ3n) is 2.14. The van der Waals surface area contributed by atoms with Crippen LogP contribution < -0.4 is 0 Å². The minimum absolute atomic E-state index is 0.0116. The van der Waals surface area contributed by atoms with Gasteiger partial charge in [0.15, 0.2) is 0 Å². The molecule has 90 valence electrons. The molecule has 0 aliphatic heterocycles. The molecule has 0 aliphatic carbocycles. The molecule has 2 rings (SSSR count). The van der Waals surface area contributed by atoms with Gasteiger partial charge in [0.25, 0.3) is 0 Å². The van der Waals surface area contributed by atoms with Gasteiger partial charge in [-0.2, -0.15) is 0 Å². The van der Waals surface area contributed by atoms with Gasteiger partial charge in [-0.3, -0.25) is 0 Å². The zero-order valence-corrected chi connectivity index (χ0v) is 10.5. The second kappa shape index (κ2) is 5.33. The Bertz CT molecular complexity index is 496. The summed E-state index contributed by atoms with van der Waals surface area (Å²) in [6.07, 6.45) is 1.66. The fraction of sp³-hybridized carbons (Fsp3) is 0.273. The second-order valence-corrected chi connectivity index (χ2v) is 4.97. The van der Waals surface area contributed by atoms with Crippen molar-refractivity contribution in [3.63, 3.8) is 0 Å². The number of rotatable bonds is 4. The number of aryl methyl sites for hydroxylation is 1. The highest BCUT2D eigenvalue weighted by atomic mass is 35.5. The first-order valence-corrected chi connectivity index (χ1v) is 6.46. The molecular weight excluding hydrogens is 260 g/mol. The first-order chi connectivity index (χ1) is 8.19. The molecule has 1 heterocycles. The molecule has 17 heavy (non-hydrogen) atoms. The van der Waals surface area contributed by atoms with Crippen molar-refractivity contribution in [3.05, 3.63) is 23.2 Å². The van der Waals surface area contributed by atoms with Crippen LogP contribution in [0.15, 0.2) is 18.2 Å². The van der Waals surface area contributed by atoms with Gasteiger partial charge in [-0.15, -0.1) is 21.8 Å². The lowest BCUT2D eigenvalue weighted by Gasteiger charge is -1.98. The molecule has 4 nitrogen and oxygen atoms in total. The Labute approximate surface area is 108 Å². The summed E-state index contributed by atoms with van der Waals surface area (Å²) < 4.78 is 0. The van der Waals surface area contributed by atoms with Crippen molar-refractivity contribution >= 4 is 22.9 Å². The summed E-state index contributed by atoms with van der Waals surface area (Å²) in [6.45, 7) is 0. The summed E-state index contributed by atoms with van der Waals surface area (Å²) in [5, 5.41) is 28.4. The lowest BCUT2D eigenvalue weighted by atomic mass is 10.2. The second-order valence-electron chi connectivity index (χ2n) is 3.53. The molecule has 0 saturated heterocycles. The van der Waals surface area contributed by atoms with E-state index in [0.717, 1.165) is 17.8 Å². The summed E-state index contributed by atoms with van der Waals surface area (Å²) in [6, 6.07) is 4.37. The molecule has 0 amide bonds. The first-order valence-electron chi connectivity index (χ1n) is 5.11. The predicted molar refractivity (Wildman–Crippen MR) is 67.7 cm³/mol. The molecule has 0 fully saturated rings. The van der Waals surface area contributed by atoms with E-state index in [4.69, 9.17) is 11.6 Å². The van der Waals surface area contributed by atoms with Crippen LogP contribution in [0.25, 0.3) is 10.6 Å². The number of halogens is 1. The van der Waals surface area contributed by atoms with Crippen LogP contribution in [-0.4, -0.2) is 26.3 Å². The summed E-state index contributed by atoms with van der Waals surface area (Å²) in [5.41, 5.74) is 0.664. The van der Waals surface area contributed by atoms with Crippen molar-refractivity contribution in [2.24, 2.45) is 0 Å². The third kappa shape index (κ3) is 3.08. The van der Waals surface area contributed by atoms with E-state index in [2.05, 4.69) is 10.2 Å². The molecular formula is C11H11ClN2O2S. The van der Waals surface area contributed by atoms with Crippen molar-refractivity contribution in [1.82, 2.24) is 10.2 Å². The fourth-order valence-electron chi connectivity index (χ4n) is 1.41. The fourth-order valence-corrected chi connectivity index (χ4v) is 2.41. The highest BCUT2D eigenvalue weighted by Gasteiger charge is 2.08. The first kappa shape index (κ1) is 12.1. The van der Waals surface area contributed by atoms with Gasteiger partial charge in [0, 0.05) is 23.9 Å². The van der Waals surface area contributed by atoms with E-state index in [9.17, 15) is 10.2 Å². The summed E-state index contributed by atoms with van der Waals surface area (Å²) in [5.74, 6) is 0.622. The van der Waals surface area contributed by atoms with Gasteiger partial charge >= 0.3 is 0 Å². The molecule has 2 aromatic rings. The van der Waals surface area contributed by atoms with Crippen LogP contribution >= 0.6 is 22.9 Å². The Morgan fingerprint density at radius 3 is 2.47 bits per heavy atom. The quantitative estimate of drug-likeness (QED) is 0.839. The van der Waals surface area contributed by atoms with E-state index in [-0.39, 0.29) is 11.5 Å². The molecule has 0 aliphatic rings. The smallest absolute Gasteiger partial charge is 0.148 e. The number of phenols is 2. The summed E-state index contributed by atoms with van der Waals surface area (Å²) >= 11 is 7.05. The highest BCUT2D eigenvalue weighted by molar-refractivity contribution is 7.14. The van der Waals surface area contributed by atoms with E-state index >= 15 is 0 Å².